The van der Waals surface area contributed by atoms with E-state index in [9.17, 15) is 0 Å². The molecule has 0 aliphatic carbocycles. The van der Waals surface area contributed by atoms with E-state index in [0.29, 0.717) is 0 Å². The number of anilines is 3. The molecule has 0 radical (unpaired) electrons. The van der Waals surface area contributed by atoms with Crippen molar-refractivity contribution in [2.75, 3.05) is 4.90 Å². The number of hydrogen-bond acceptors (Lipinski definition) is 3. The van der Waals surface area contributed by atoms with E-state index in [1.54, 1.807) is 0 Å². The number of thiophene rings is 1. The van der Waals surface area contributed by atoms with Gasteiger partial charge in [-0.3, -0.25) is 0 Å². The first-order valence-electron chi connectivity index (χ1n) is 19.4. The normalized spacial score (nSPS) is 11.9. The van der Waals surface area contributed by atoms with Crippen molar-refractivity contribution in [3.05, 3.63) is 200 Å². The number of rotatable bonds is 5. The first-order chi connectivity index (χ1) is 28.3. The van der Waals surface area contributed by atoms with Crippen molar-refractivity contribution in [3.8, 4) is 22.3 Å². The maximum absolute atomic E-state index is 6.77. The van der Waals surface area contributed by atoms with Crippen molar-refractivity contribution in [3.63, 3.8) is 0 Å². The molecule has 3 heteroatoms. The van der Waals surface area contributed by atoms with Crippen LogP contribution in [-0.2, 0) is 0 Å². The monoisotopic (exact) mass is 743 g/mol. The summed E-state index contributed by atoms with van der Waals surface area (Å²) in [4.78, 5) is 2.44. The van der Waals surface area contributed by atoms with Crippen molar-refractivity contribution >= 4 is 103 Å². The molecule has 0 aliphatic rings. The summed E-state index contributed by atoms with van der Waals surface area (Å²) >= 11 is 1.86. The van der Waals surface area contributed by atoms with Crippen LogP contribution >= 0.6 is 11.3 Å². The van der Waals surface area contributed by atoms with Crippen LogP contribution in [0.1, 0.15) is 0 Å². The number of furan rings is 1. The third kappa shape index (κ3) is 4.96. The lowest BCUT2D eigenvalue weighted by molar-refractivity contribution is 0.672. The maximum atomic E-state index is 6.77. The molecular formula is C54H33NOS. The fourth-order valence-electron chi connectivity index (χ4n) is 9.11. The number of fused-ring (bicyclic) bond motifs is 11. The Balaban J connectivity index is 1.12. The Bertz CT molecular complexity index is 3540. The molecule has 266 valence electrons. The van der Waals surface area contributed by atoms with Gasteiger partial charge in [-0.05, 0) is 98.2 Å². The fourth-order valence-corrected chi connectivity index (χ4v) is 10.2. The van der Waals surface area contributed by atoms with Crippen LogP contribution in [0.3, 0.4) is 0 Å². The standard InChI is InChI=1S/C54H33NOS/c1-4-16-39-34(13-1)29-32-45-53-48(23-12-24-49(53)56-54(39)45)55(47-22-9-7-19-42(47)43-21-11-26-51-52(43)44-20-8-10-25-50(44)57-51)37-30-27-35(28-31-37)46-33-36-14-2-3-15-38(36)40-17-5-6-18-41(40)46/h1-33H. The smallest absolute Gasteiger partial charge is 0.143 e. The molecule has 0 amide bonds. The van der Waals surface area contributed by atoms with Crippen LogP contribution in [0, 0.1) is 0 Å². The predicted octanol–water partition coefficient (Wildman–Crippen LogP) is 16.2. The molecule has 0 spiro atoms. The molecule has 0 saturated carbocycles. The zero-order valence-electron chi connectivity index (χ0n) is 30.8. The summed E-state index contributed by atoms with van der Waals surface area (Å²) in [7, 11) is 0. The van der Waals surface area contributed by atoms with Crippen LogP contribution in [0.5, 0.6) is 0 Å². The van der Waals surface area contributed by atoms with Crippen molar-refractivity contribution in [1.29, 1.82) is 0 Å². The molecule has 0 N–H and O–H groups in total. The van der Waals surface area contributed by atoms with Crippen molar-refractivity contribution < 1.29 is 4.42 Å². The second kappa shape index (κ2) is 12.7. The first-order valence-corrected chi connectivity index (χ1v) is 20.2. The van der Waals surface area contributed by atoms with Crippen LogP contribution in [-0.4, -0.2) is 0 Å². The van der Waals surface area contributed by atoms with Gasteiger partial charge < -0.3 is 9.32 Å². The van der Waals surface area contributed by atoms with Gasteiger partial charge in [-0.25, -0.2) is 0 Å². The van der Waals surface area contributed by atoms with Crippen LogP contribution in [0.15, 0.2) is 205 Å². The highest BCUT2D eigenvalue weighted by molar-refractivity contribution is 7.25. The minimum absolute atomic E-state index is 0.867. The van der Waals surface area contributed by atoms with E-state index in [-0.39, 0.29) is 0 Å². The largest absolute Gasteiger partial charge is 0.455 e. The Kier molecular flexibility index (Phi) is 7.13. The van der Waals surface area contributed by atoms with Gasteiger partial charge in [0, 0.05) is 42.2 Å². The first kappa shape index (κ1) is 32.1. The van der Waals surface area contributed by atoms with Gasteiger partial charge in [0.25, 0.3) is 0 Å². The van der Waals surface area contributed by atoms with Gasteiger partial charge in [-0.2, -0.15) is 0 Å². The minimum Gasteiger partial charge on any atom is -0.455 e. The molecule has 12 aromatic rings. The summed E-state index contributed by atoms with van der Waals surface area (Å²) < 4.78 is 9.35. The van der Waals surface area contributed by atoms with Crippen molar-refractivity contribution in [1.82, 2.24) is 0 Å². The van der Waals surface area contributed by atoms with E-state index in [2.05, 4.69) is 205 Å². The fraction of sp³-hybridized carbons (Fsp3) is 0. The topological polar surface area (TPSA) is 16.4 Å². The minimum atomic E-state index is 0.867. The highest BCUT2D eigenvalue weighted by atomic mass is 32.1. The van der Waals surface area contributed by atoms with Crippen LogP contribution in [0.4, 0.5) is 17.1 Å². The van der Waals surface area contributed by atoms with Crippen molar-refractivity contribution in [2.45, 2.75) is 0 Å². The van der Waals surface area contributed by atoms with Crippen LogP contribution in [0.2, 0.25) is 0 Å². The molecule has 2 aromatic heterocycles. The van der Waals surface area contributed by atoms with E-state index in [1.165, 1.54) is 69.4 Å². The van der Waals surface area contributed by atoms with Crippen LogP contribution in [0.25, 0.3) is 96.7 Å². The third-order valence-electron chi connectivity index (χ3n) is 11.6. The SMILES string of the molecule is c1ccc(N(c2ccc(-c3cc4ccccc4c4ccccc34)cc2)c2cccc3oc4c5ccccc5ccc4c23)c(-c2cccc3sc4ccccc4c23)c1. The van der Waals surface area contributed by atoms with E-state index < -0.39 is 0 Å². The lowest BCUT2D eigenvalue weighted by Crippen LogP contribution is -2.11. The number of hydrogen-bond donors (Lipinski definition) is 0. The van der Waals surface area contributed by atoms with Gasteiger partial charge in [0.2, 0.25) is 0 Å². The average Bonchev–Trinajstić information content (AvgIpc) is 3.86. The Morgan fingerprint density at radius 2 is 1.02 bits per heavy atom. The van der Waals surface area contributed by atoms with E-state index in [1.807, 2.05) is 11.3 Å². The van der Waals surface area contributed by atoms with Gasteiger partial charge in [-0.15, -0.1) is 11.3 Å². The summed E-state index contributed by atoms with van der Waals surface area (Å²) in [5.41, 5.74) is 9.83. The van der Waals surface area contributed by atoms with Crippen molar-refractivity contribution in [2.24, 2.45) is 0 Å². The molecule has 0 fully saturated rings. The second-order valence-electron chi connectivity index (χ2n) is 14.8. The highest BCUT2D eigenvalue weighted by Crippen LogP contribution is 2.49. The third-order valence-corrected chi connectivity index (χ3v) is 12.8. The zero-order valence-corrected chi connectivity index (χ0v) is 31.6. The molecule has 2 heterocycles. The summed E-state index contributed by atoms with van der Waals surface area (Å²) in [5.74, 6) is 0. The molecule has 0 unspecified atom stereocenters. The molecule has 0 bridgehead atoms. The maximum Gasteiger partial charge on any atom is 0.143 e. The Morgan fingerprint density at radius 1 is 0.368 bits per heavy atom. The van der Waals surface area contributed by atoms with Crippen LogP contribution < -0.4 is 4.90 Å². The highest BCUT2D eigenvalue weighted by Gasteiger charge is 2.24. The van der Waals surface area contributed by atoms with Gasteiger partial charge in [-0.1, -0.05) is 146 Å². The number of para-hydroxylation sites is 1. The quantitative estimate of drug-likeness (QED) is 0.163. The summed E-state index contributed by atoms with van der Waals surface area (Å²) in [6.07, 6.45) is 0. The van der Waals surface area contributed by atoms with E-state index in [4.69, 9.17) is 4.42 Å². The van der Waals surface area contributed by atoms with Gasteiger partial charge in [0.05, 0.1) is 16.8 Å². The summed E-state index contributed by atoms with van der Waals surface area (Å²) in [5, 5.41) is 12.1. The summed E-state index contributed by atoms with van der Waals surface area (Å²) in [6.45, 7) is 0. The lowest BCUT2D eigenvalue weighted by atomic mass is 9.93. The second-order valence-corrected chi connectivity index (χ2v) is 15.9. The lowest BCUT2D eigenvalue weighted by Gasteiger charge is -2.29. The molecule has 0 aliphatic heterocycles. The molecule has 57 heavy (non-hydrogen) atoms. The average molecular weight is 744 g/mol. The molecule has 10 aromatic carbocycles. The Hall–Kier alpha value is -7.20. The van der Waals surface area contributed by atoms with Gasteiger partial charge in [0.1, 0.15) is 11.2 Å². The molecule has 2 nitrogen and oxygen atoms in total. The van der Waals surface area contributed by atoms with Gasteiger partial charge >= 0.3 is 0 Å². The molecule has 12 rings (SSSR count). The van der Waals surface area contributed by atoms with E-state index in [0.717, 1.165) is 44.4 Å². The number of nitrogens with zero attached hydrogens (tertiary/aromatic N) is 1. The predicted molar refractivity (Wildman–Crippen MR) is 245 cm³/mol. The zero-order chi connectivity index (χ0) is 37.5. The van der Waals surface area contributed by atoms with Gasteiger partial charge in [0.15, 0.2) is 0 Å². The molecule has 0 saturated heterocycles. The Morgan fingerprint density at radius 3 is 1.89 bits per heavy atom. The summed E-state index contributed by atoms with van der Waals surface area (Å²) in [6, 6.07) is 72.7. The number of benzene rings is 10. The molecule has 0 atom stereocenters. The van der Waals surface area contributed by atoms with E-state index >= 15 is 0 Å². The Labute approximate surface area is 333 Å². The molecular weight excluding hydrogens is 711 g/mol.